The molecule has 1 aliphatic heterocycles. The normalized spacial score (nSPS) is 31.5. The summed E-state index contributed by atoms with van der Waals surface area (Å²) in [7, 11) is 0. The van der Waals surface area contributed by atoms with Gasteiger partial charge in [0.25, 0.3) is 0 Å². The predicted octanol–water partition coefficient (Wildman–Crippen LogP) is 1.70. The van der Waals surface area contributed by atoms with Gasteiger partial charge in [-0.25, -0.2) is 0 Å². The molecule has 3 nitrogen and oxygen atoms in total. The Kier molecular flexibility index (Phi) is 3.36. The Balaban J connectivity index is 1.94. The second-order valence-electron chi connectivity index (χ2n) is 3.89. The van der Waals surface area contributed by atoms with E-state index in [-0.39, 0.29) is 12.4 Å². The minimum absolute atomic E-state index is 0.0578. The second-order valence-corrected chi connectivity index (χ2v) is 3.89. The average molecular weight is 208 g/mol. The molecule has 1 aromatic carbocycles. The number of ether oxygens (including phenoxy) is 2. The van der Waals surface area contributed by atoms with E-state index in [9.17, 15) is 5.11 Å². The number of benzene rings is 1. The van der Waals surface area contributed by atoms with E-state index in [1.165, 1.54) is 0 Å². The van der Waals surface area contributed by atoms with Crippen molar-refractivity contribution in [2.45, 2.75) is 38.4 Å². The fourth-order valence-corrected chi connectivity index (χ4v) is 1.76. The molecule has 0 radical (unpaired) electrons. The molecule has 0 amide bonds. The molecule has 3 atom stereocenters. The summed E-state index contributed by atoms with van der Waals surface area (Å²) in [6, 6.07) is 10.00. The van der Waals surface area contributed by atoms with Crippen LogP contribution in [0.25, 0.3) is 0 Å². The summed E-state index contributed by atoms with van der Waals surface area (Å²) in [6.07, 6.45) is 0.268. The summed E-state index contributed by atoms with van der Waals surface area (Å²) < 4.78 is 10.9. The van der Waals surface area contributed by atoms with Crippen molar-refractivity contribution in [1.29, 1.82) is 0 Å². The van der Waals surface area contributed by atoms with Crippen LogP contribution in [0, 0.1) is 0 Å². The van der Waals surface area contributed by atoms with Crippen LogP contribution in [0.2, 0.25) is 0 Å². The first-order valence-electron chi connectivity index (χ1n) is 5.27. The Morgan fingerprint density at radius 3 is 2.67 bits per heavy atom. The van der Waals surface area contributed by atoms with E-state index in [2.05, 4.69) is 0 Å². The maximum absolute atomic E-state index is 9.43. The fourth-order valence-electron chi connectivity index (χ4n) is 1.76. The van der Waals surface area contributed by atoms with E-state index >= 15 is 0 Å². The van der Waals surface area contributed by atoms with Crippen LogP contribution in [0.4, 0.5) is 0 Å². The molecular weight excluding hydrogens is 192 g/mol. The maximum Gasteiger partial charge on any atom is 0.165 e. The van der Waals surface area contributed by atoms with Gasteiger partial charge in [-0.3, -0.25) is 0 Å². The number of aliphatic hydroxyl groups excluding tert-OH is 1. The zero-order valence-electron chi connectivity index (χ0n) is 8.80. The lowest BCUT2D eigenvalue weighted by atomic mass is 10.1. The second kappa shape index (κ2) is 4.75. The Morgan fingerprint density at radius 1 is 1.27 bits per heavy atom. The van der Waals surface area contributed by atoms with Gasteiger partial charge in [0.2, 0.25) is 0 Å². The molecule has 0 aromatic heterocycles. The molecule has 3 heteroatoms. The van der Waals surface area contributed by atoms with Gasteiger partial charge in [-0.15, -0.1) is 0 Å². The van der Waals surface area contributed by atoms with Crippen LogP contribution >= 0.6 is 0 Å². The summed E-state index contributed by atoms with van der Waals surface area (Å²) in [6.45, 7) is 1.95. The lowest BCUT2D eigenvalue weighted by Crippen LogP contribution is -2.37. The van der Waals surface area contributed by atoms with Crippen LogP contribution in [0.3, 0.4) is 0 Å². The minimum Gasteiger partial charge on any atom is -0.368 e. The summed E-state index contributed by atoms with van der Waals surface area (Å²) in [5.74, 6) is 0. The predicted molar refractivity (Wildman–Crippen MR) is 56.2 cm³/mol. The van der Waals surface area contributed by atoms with Gasteiger partial charge < -0.3 is 14.6 Å². The molecule has 0 saturated carbocycles. The Bertz CT molecular complexity index is 289. The summed E-state index contributed by atoms with van der Waals surface area (Å²) in [4.78, 5) is 0. The van der Waals surface area contributed by atoms with Crippen LogP contribution < -0.4 is 0 Å². The summed E-state index contributed by atoms with van der Waals surface area (Å²) in [5.41, 5.74) is 1.16. The number of aliphatic hydroxyl groups is 1. The SMILES string of the molecule is CC1CC(O)OC(Cc2ccccc2)O1. The lowest BCUT2D eigenvalue weighted by molar-refractivity contribution is -0.289. The first-order valence-corrected chi connectivity index (χ1v) is 5.27. The molecule has 1 fully saturated rings. The van der Waals surface area contributed by atoms with E-state index in [0.717, 1.165) is 5.56 Å². The third-order valence-corrected chi connectivity index (χ3v) is 2.47. The molecule has 15 heavy (non-hydrogen) atoms. The van der Waals surface area contributed by atoms with Crippen molar-refractivity contribution >= 4 is 0 Å². The van der Waals surface area contributed by atoms with Crippen molar-refractivity contribution in [3.05, 3.63) is 35.9 Å². The minimum atomic E-state index is -0.692. The van der Waals surface area contributed by atoms with Gasteiger partial charge in [-0.2, -0.15) is 0 Å². The van der Waals surface area contributed by atoms with Crippen LogP contribution in [-0.4, -0.2) is 23.8 Å². The lowest BCUT2D eigenvalue weighted by Gasteiger charge is -2.31. The average Bonchev–Trinajstić information content (AvgIpc) is 2.17. The summed E-state index contributed by atoms with van der Waals surface area (Å²) >= 11 is 0. The van der Waals surface area contributed by atoms with Gasteiger partial charge in [0.05, 0.1) is 6.10 Å². The Morgan fingerprint density at radius 2 is 2.00 bits per heavy atom. The summed E-state index contributed by atoms with van der Waals surface area (Å²) in [5, 5.41) is 9.43. The van der Waals surface area contributed by atoms with E-state index in [0.29, 0.717) is 12.8 Å². The van der Waals surface area contributed by atoms with Crippen molar-refractivity contribution in [2.24, 2.45) is 0 Å². The first kappa shape index (κ1) is 10.6. The molecule has 1 saturated heterocycles. The number of hydrogen-bond acceptors (Lipinski definition) is 3. The zero-order chi connectivity index (χ0) is 10.7. The molecule has 0 aliphatic carbocycles. The number of hydrogen-bond donors (Lipinski definition) is 1. The van der Waals surface area contributed by atoms with E-state index in [4.69, 9.17) is 9.47 Å². The first-order chi connectivity index (χ1) is 7.24. The van der Waals surface area contributed by atoms with Gasteiger partial charge in [-0.05, 0) is 12.5 Å². The standard InChI is InChI=1S/C12H16O3/c1-9-7-11(13)15-12(14-9)8-10-5-3-2-4-6-10/h2-6,9,11-13H,7-8H2,1H3. The maximum atomic E-state index is 9.43. The van der Waals surface area contributed by atoms with Gasteiger partial charge in [0.1, 0.15) is 0 Å². The highest BCUT2D eigenvalue weighted by molar-refractivity contribution is 5.15. The molecule has 2 rings (SSSR count). The van der Waals surface area contributed by atoms with Crippen molar-refractivity contribution in [3.63, 3.8) is 0 Å². The van der Waals surface area contributed by atoms with Crippen LogP contribution in [0.5, 0.6) is 0 Å². The molecule has 1 N–H and O–H groups in total. The molecule has 3 unspecified atom stereocenters. The van der Waals surface area contributed by atoms with Crippen LogP contribution in [-0.2, 0) is 15.9 Å². The van der Waals surface area contributed by atoms with Gasteiger partial charge in [-0.1, -0.05) is 30.3 Å². The van der Waals surface area contributed by atoms with Crippen molar-refractivity contribution in [2.75, 3.05) is 0 Å². The molecule has 82 valence electrons. The highest BCUT2D eigenvalue weighted by atomic mass is 16.7. The molecule has 0 bridgehead atoms. The van der Waals surface area contributed by atoms with Gasteiger partial charge in [0, 0.05) is 12.8 Å². The highest BCUT2D eigenvalue weighted by Crippen LogP contribution is 2.19. The van der Waals surface area contributed by atoms with E-state index in [1.54, 1.807) is 0 Å². The fraction of sp³-hybridized carbons (Fsp3) is 0.500. The van der Waals surface area contributed by atoms with Gasteiger partial charge in [0.15, 0.2) is 12.6 Å². The van der Waals surface area contributed by atoms with E-state index < -0.39 is 6.29 Å². The van der Waals surface area contributed by atoms with Crippen LogP contribution in [0.15, 0.2) is 30.3 Å². The Labute approximate surface area is 89.6 Å². The van der Waals surface area contributed by atoms with Crippen molar-refractivity contribution in [1.82, 2.24) is 0 Å². The monoisotopic (exact) mass is 208 g/mol. The third-order valence-electron chi connectivity index (χ3n) is 2.47. The van der Waals surface area contributed by atoms with Crippen molar-refractivity contribution < 1.29 is 14.6 Å². The number of rotatable bonds is 2. The topological polar surface area (TPSA) is 38.7 Å². The molecular formula is C12H16O3. The smallest absolute Gasteiger partial charge is 0.165 e. The van der Waals surface area contributed by atoms with E-state index in [1.807, 2.05) is 37.3 Å². The van der Waals surface area contributed by atoms with Crippen LogP contribution in [0.1, 0.15) is 18.9 Å². The largest absolute Gasteiger partial charge is 0.368 e. The Hall–Kier alpha value is -0.900. The molecule has 1 aliphatic rings. The third kappa shape index (κ3) is 3.02. The molecule has 1 heterocycles. The highest BCUT2D eigenvalue weighted by Gasteiger charge is 2.25. The zero-order valence-corrected chi connectivity index (χ0v) is 8.80. The molecule has 1 aromatic rings. The van der Waals surface area contributed by atoms with Crippen molar-refractivity contribution in [3.8, 4) is 0 Å². The molecule has 0 spiro atoms. The quantitative estimate of drug-likeness (QED) is 0.804. The van der Waals surface area contributed by atoms with Gasteiger partial charge >= 0.3 is 0 Å².